The topological polar surface area (TPSA) is 43.9 Å². The summed E-state index contributed by atoms with van der Waals surface area (Å²) in [6.07, 6.45) is 0.516. The van der Waals surface area contributed by atoms with Crippen LogP contribution in [0.3, 0.4) is 0 Å². The highest BCUT2D eigenvalue weighted by Crippen LogP contribution is 2.64. The van der Waals surface area contributed by atoms with E-state index in [0.717, 1.165) is 13.1 Å². The van der Waals surface area contributed by atoms with E-state index in [4.69, 9.17) is 23.2 Å². The molecule has 0 aromatic heterocycles. The molecule has 2 aliphatic rings. The van der Waals surface area contributed by atoms with Crippen LogP contribution in [0.4, 0.5) is 0 Å². The minimum Gasteiger partial charge on any atom is -0.342 e. The Morgan fingerprint density at radius 3 is 2.00 bits per heavy atom. The smallest absolute Gasteiger partial charge is 0.236 e. The standard InChI is InChI=1S/C15H25Cl2N3O2/c1-4-19(5-2)12(21)10-18-6-8-20(9-7-18)13(22)14(3)11-15(14,16)17/h4-11H2,1-3H3. The fraction of sp³-hybridized carbons (Fsp3) is 0.867. The summed E-state index contributed by atoms with van der Waals surface area (Å²) in [7, 11) is 0. The zero-order valence-corrected chi connectivity index (χ0v) is 15.1. The molecule has 126 valence electrons. The van der Waals surface area contributed by atoms with Crippen molar-refractivity contribution in [2.45, 2.75) is 31.5 Å². The summed E-state index contributed by atoms with van der Waals surface area (Å²) in [4.78, 5) is 30.4. The third-order valence-corrected chi connectivity index (χ3v) is 5.97. The SMILES string of the molecule is CCN(CC)C(=O)CN1CCN(C(=O)C2(C)CC2(Cl)Cl)CC1. The van der Waals surface area contributed by atoms with E-state index in [1.807, 2.05) is 30.6 Å². The first-order valence-electron chi connectivity index (χ1n) is 7.92. The average Bonchev–Trinajstić information content (AvgIpc) is 3.00. The lowest BCUT2D eigenvalue weighted by Crippen LogP contribution is -2.53. The number of carbonyl (C=O) groups excluding carboxylic acids is 2. The Labute approximate surface area is 142 Å². The first-order chi connectivity index (χ1) is 10.2. The normalized spacial score (nSPS) is 27.6. The maximum atomic E-state index is 12.5. The van der Waals surface area contributed by atoms with Crippen molar-refractivity contribution in [2.75, 3.05) is 45.8 Å². The number of likely N-dealkylation sites (N-methyl/N-ethyl adjacent to an activating group) is 1. The molecule has 7 heteroatoms. The molecular weight excluding hydrogens is 325 g/mol. The zero-order valence-electron chi connectivity index (χ0n) is 13.6. The maximum absolute atomic E-state index is 12.5. The second kappa shape index (κ2) is 6.54. The molecule has 1 atom stereocenters. The van der Waals surface area contributed by atoms with E-state index in [-0.39, 0.29) is 11.8 Å². The third-order valence-electron chi connectivity index (χ3n) is 4.86. The Morgan fingerprint density at radius 1 is 1.09 bits per heavy atom. The van der Waals surface area contributed by atoms with E-state index < -0.39 is 9.75 Å². The van der Waals surface area contributed by atoms with Gasteiger partial charge in [-0.05, 0) is 27.2 Å². The molecule has 1 saturated carbocycles. The quantitative estimate of drug-likeness (QED) is 0.708. The maximum Gasteiger partial charge on any atom is 0.236 e. The molecule has 1 aliphatic heterocycles. The van der Waals surface area contributed by atoms with E-state index >= 15 is 0 Å². The van der Waals surface area contributed by atoms with Gasteiger partial charge in [-0.15, -0.1) is 23.2 Å². The molecule has 1 unspecified atom stereocenters. The van der Waals surface area contributed by atoms with Crippen LogP contribution in [0.25, 0.3) is 0 Å². The van der Waals surface area contributed by atoms with Gasteiger partial charge < -0.3 is 9.80 Å². The van der Waals surface area contributed by atoms with Crippen molar-refractivity contribution in [2.24, 2.45) is 5.41 Å². The molecule has 2 amide bonds. The van der Waals surface area contributed by atoms with Crippen LogP contribution in [0, 0.1) is 5.41 Å². The highest BCUT2D eigenvalue weighted by Gasteiger charge is 2.68. The van der Waals surface area contributed by atoms with Gasteiger partial charge in [-0.2, -0.15) is 0 Å². The molecule has 0 N–H and O–H groups in total. The van der Waals surface area contributed by atoms with Gasteiger partial charge >= 0.3 is 0 Å². The van der Waals surface area contributed by atoms with Crippen molar-refractivity contribution in [1.82, 2.24) is 14.7 Å². The predicted octanol–water partition coefficient (Wildman–Crippen LogP) is 1.58. The lowest BCUT2D eigenvalue weighted by molar-refractivity contribution is -0.139. The predicted molar refractivity (Wildman–Crippen MR) is 88.1 cm³/mol. The second-order valence-electron chi connectivity index (χ2n) is 6.35. The van der Waals surface area contributed by atoms with Crippen LogP contribution in [0.5, 0.6) is 0 Å². The van der Waals surface area contributed by atoms with Gasteiger partial charge in [-0.25, -0.2) is 0 Å². The van der Waals surface area contributed by atoms with Crippen LogP contribution in [0.1, 0.15) is 27.2 Å². The van der Waals surface area contributed by atoms with E-state index in [9.17, 15) is 9.59 Å². The van der Waals surface area contributed by atoms with Crippen LogP contribution in [-0.2, 0) is 9.59 Å². The van der Waals surface area contributed by atoms with E-state index in [2.05, 4.69) is 4.90 Å². The Morgan fingerprint density at radius 2 is 1.59 bits per heavy atom. The number of hydrogen-bond donors (Lipinski definition) is 0. The highest BCUT2D eigenvalue weighted by atomic mass is 35.5. The fourth-order valence-corrected chi connectivity index (χ4v) is 3.65. The van der Waals surface area contributed by atoms with Crippen LogP contribution >= 0.6 is 23.2 Å². The first-order valence-corrected chi connectivity index (χ1v) is 8.68. The summed E-state index contributed by atoms with van der Waals surface area (Å²) in [5.74, 6) is 0.187. The summed E-state index contributed by atoms with van der Waals surface area (Å²) in [6.45, 7) is 10.4. The van der Waals surface area contributed by atoms with Gasteiger partial charge in [-0.3, -0.25) is 14.5 Å². The monoisotopic (exact) mass is 349 g/mol. The van der Waals surface area contributed by atoms with E-state index in [1.54, 1.807) is 0 Å². The van der Waals surface area contributed by atoms with Crippen LogP contribution in [-0.4, -0.2) is 76.7 Å². The number of hydrogen-bond acceptors (Lipinski definition) is 3. The molecule has 0 radical (unpaired) electrons. The summed E-state index contributed by atoms with van der Waals surface area (Å²) in [5, 5.41) is 0. The van der Waals surface area contributed by atoms with Crippen molar-refractivity contribution >= 4 is 35.0 Å². The first kappa shape index (κ1) is 17.8. The molecule has 1 heterocycles. The lowest BCUT2D eigenvalue weighted by Gasteiger charge is -2.36. The van der Waals surface area contributed by atoms with Crippen LogP contribution in [0.2, 0.25) is 0 Å². The molecule has 0 aromatic carbocycles. The summed E-state index contributed by atoms with van der Waals surface area (Å²) < 4.78 is -0.917. The summed E-state index contributed by atoms with van der Waals surface area (Å²) >= 11 is 12.2. The molecule has 2 rings (SSSR count). The summed E-state index contributed by atoms with van der Waals surface area (Å²) in [6, 6.07) is 0. The minimum absolute atomic E-state index is 0.0345. The molecule has 0 spiro atoms. The Kier molecular flexibility index (Phi) is 5.30. The van der Waals surface area contributed by atoms with Crippen molar-refractivity contribution in [3.8, 4) is 0 Å². The van der Waals surface area contributed by atoms with E-state index in [1.165, 1.54) is 0 Å². The molecule has 22 heavy (non-hydrogen) atoms. The van der Waals surface area contributed by atoms with Gasteiger partial charge in [0.2, 0.25) is 11.8 Å². The summed E-state index contributed by atoms with van der Waals surface area (Å²) in [5.41, 5.74) is -0.644. The zero-order chi connectivity index (χ0) is 16.5. The van der Waals surface area contributed by atoms with Crippen LogP contribution < -0.4 is 0 Å². The van der Waals surface area contributed by atoms with Crippen molar-refractivity contribution in [1.29, 1.82) is 0 Å². The van der Waals surface area contributed by atoms with Gasteiger partial charge in [0.05, 0.1) is 12.0 Å². The molecule has 2 fully saturated rings. The van der Waals surface area contributed by atoms with Gasteiger partial charge in [0.15, 0.2) is 0 Å². The van der Waals surface area contributed by atoms with Crippen LogP contribution in [0.15, 0.2) is 0 Å². The Bertz CT molecular complexity index is 446. The molecule has 5 nitrogen and oxygen atoms in total. The molecule has 0 aromatic rings. The van der Waals surface area contributed by atoms with Gasteiger partial charge in [0, 0.05) is 39.3 Å². The number of nitrogens with zero attached hydrogens (tertiary/aromatic N) is 3. The number of amides is 2. The number of carbonyl (C=O) groups is 2. The second-order valence-corrected chi connectivity index (χ2v) is 7.83. The minimum atomic E-state index is -0.917. The van der Waals surface area contributed by atoms with Gasteiger partial charge in [0.25, 0.3) is 0 Å². The number of alkyl halides is 2. The Hall–Kier alpha value is -0.520. The fourth-order valence-electron chi connectivity index (χ4n) is 2.96. The molecular formula is C15H25Cl2N3O2. The highest BCUT2D eigenvalue weighted by molar-refractivity contribution is 6.53. The average molecular weight is 350 g/mol. The Balaban J connectivity index is 1.81. The lowest BCUT2D eigenvalue weighted by atomic mass is 10.1. The van der Waals surface area contributed by atoms with Crippen molar-refractivity contribution in [3.63, 3.8) is 0 Å². The van der Waals surface area contributed by atoms with Crippen molar-refractivity contribution < 1.29 is 9.59 Å². The van der Waals surface area contributed by atoms with Gasteiger partial charge in [-0.1, -0.05) is 0 Å². The van der Waals surface area contributed by atoms with E-state index in [0.29, 0.717) is 39.1 Å². The largest absolute Gasteiger partial charge is 0.342 e. The third kappa shape index (κ3) is 3.36. The van der Waals surface area contributed by atoms with Gasteiger partial charge in [0.1, 0.15) is 4.33 Å². The number of halogens is 2. The molecule has 1 aliphatic carbocycles. The molecule has 1 saturated heterocycles. The number of piperazine rings is 1. The number of rotatable bonds is 5. The van der Waals surface area contributed by atoms with Crippen molar-refractivity contribution in [3.05, 3.63) is 0 Å². The molecule has 0 bridgehead atoms.